The molecule has 0 unspecified atom stereocenters. The van der Waals surface area contributed by atoms with E-state index in [-0.39, 0.29) is 0 Å². The molecule has 0 aliphatic heterocycles. The lowest BCUT2D eigenvalue weighted by Crippen LogP contribution is -2.04. The van der Waals surface area contributed by atoms with Crippen molar-refractivity contribution in [2.75, 3.05) is 10.6 Å². The molecule has 0 aliphatic carbocycles. The number of nitrogens with one attached hydrogen (secondary N) is 2. The minimum absolute atomic E-state index is 0.429. The van der Waals surface area contributed by atoms with Gasteiger partial charge in [-0.05, 0) is 65.4 Å². The molecule has 5 nitrogen and oxygen atoms in total. The van der Waals surface area contributed by atoms with Gasteiger partial charge in [-0.1, -0.05) is 23.5 Å². The summed E-state index contributed by atoms with van der Waals surface area (Å²) in [5.41, 5.74) is 2.38. The van der Waals surface area contributed by atoms with Crippen molar-refractivity contribution in [1.82, 2.24) is 15.0 Å². The SMILES string of the molecule is Cc1cccc(I)c1Nc1nc2c(Nc3ccc(C(F)(F)F)cc3)ncnc2s1. The standard InChI is InChI=1S/C19H13F3IN5S/c1-10-3-2-4-13(23)14(10)27-18-28-15-16(24-9-25-17(15)29-18)26-12-7-5-11(6-8-12)19(20,21)22/h2-9H,1H3,(H,27,28)(H,24,25,26). The average molecular weight is 527 g/mol. The molecule has 4 rings (SSSR count). The number of para-hydroxylation sites is 1. The zero-order valence-electron chi connectivity index (χ0n) is 14.9. The van der Waals surface area contributed by atoms with Gasteiger partial charge in [-0.3, -0.25) is 0 Å². The van der Waals surface area contributed by atoms with Crippen molar-refractivity contribution >= 4 is 66.6 Å². The molecule has 2 heterocycles. The highest BCUT2D eigenvalue weighted by atomic mass is 127. The van der Waals surface area contributed by atoms with E-state index >= 15 is 0 Å². The fourth-order valence-electron chi connectivity index (χ4n) is 2.68. The van der Waals surface area contributed by atoms with Crippen molar-refractivity contribution in [3.63, 3.8) is 0 Å². The number of anilines is 4. The van der Waals surface area contributed by atoms with Gasteiger partial charge in [0.1, 0.15) is 11.8 Å². The second-order valence-electron chi connectivity index (χ2n) is 6.15. The topological polar surface area (TPSA) is 62.7 Å². The van der Waals surface area contributed by atoms with Gasteiger partial charge in [0.15, 0.2) is 15.8 Å². The lowest BCUT2D eigenvalue weighted by Gasteiger charge is -2.09. The molecular weight excluding hydrogens is 514 g/mol. The van der Waals surface area contributed by atoms with E-state index in [1.54, 1.807) is 0 Å². The van der Waals surface area contributed by atoms with Gasteiger partial charge >= 0.3 is 6.18 Å². The van der Waals surface area contributed by atoms with Gasteiger partial charge in [0.25, 0.3) is 0 Å². The first-order valence-corrected chi connectivity index (χ1v) is 10.3. The molecule has 0 saturated carbocycles. The lowest BCUT2D eigenvalue weighted by atomic mass is 10.2. The second kappa shape index (κ2) is 7.75. The maximum absolute atomic E-state index is 12.7. The Morgan fingerprint density at radius 3 is 2.45 bits per heavy atom. The van der Waals surface area contributed by atoms with Crippen molar-refractivity contribution < 1.29 is 13.2 Å². The smallest absolute Gasteiger partial charge is 0.338 e. The Hall–Kier alpha value is -2.47. The number of benzene rings is 2. The summed E-state index contributed by atoms with van der Waals surface area (Å²) in [6.45, 7) is 2.01. The Morgan fingerprint density at radius 2 is 1.76 bits per heavy atom. The number of hydrogen-bond donors (Lipinski definition) is 2. The number of nitrogens with zero attached hydrogens (tertiary/aromatic N) is 3. The van der Waals surface area contributed by atoms with Gasteiger partial charge < -0.3 is 10.6 Å². The number of fused-ring (bicyclic) bond motifs is 1. The van der Waals surface area contributed by atoms with Crippen molar-refractivity contribution in [2.45, 2.75) is 13.1 Å². The van der Waals surface area contributed by atoms with E-state index in [1.165, 1.54) is 29.8 Å². The number of hydrogen-bond acceptors (Lipinski definition) is 6. The third-order valence-corrected chi connectivity index (χ3v) is 5.90. The Bertz CT molecular complexity index is 1150. The highest BCUT2D eigenvalue weighted by Gasteiger charge is 2.30. The second-order valence-corrected chi connectivity index (χ2v) is 8.29. The fourth-order valence-corrected chi connectivity index (χ4v) is 4.26. The molecule has 4 aromatic rings. The molecule has 0 bridgehead atoms. The van der Waals surface area contributed by atoms with Crippen LogP contribution in [0.15, 0.2) is 48.8 Å². The Labute approximate surface area is 181 Å². The van der Waals surface area contributed by atoms with Gasteiger partial charge in [-0.25, -0.2) is 15.0 Å². The minimum atomic E-state index is -4.37. The number of halogens is 4. The van der Waals surface area contributed by atoms with Crippen LogP contribution in [-0.2, 0) is 6.18 Å². The molecule has 0 radical (unpaired) electrons. The van der Waals surface area contributed by atoms with E-state index < -0.39 is 11.7 Å². The summed E-state index contributed by atoms with van der Waals surface area (Å²) in [5, 5.41) is 7.00. The summed E-state index contributed by atoms with van der Waals surface area (Å²) in [5.74, 6) is 0.429. The van der Waals surface area contributed by atoms with E-state index in [0.29, 0.717) is 27.0 Å². The summed E-state index contributed by atoms with van der Waals surface area (Å²) in [6.07, 6.45) is -2.97. The molecule has 10 heteroatoms. The van der Waals surface area contributed by atoms with E-state index in [4.69, 9.17) is 0 Å². The fraction of sp³-hybridized carbons (Fsp3) is 0.105. The molecule has 2 N–H and O–H groups in total. The number of aromatic nitrogens is 3. The quantitative estimate of drug-likeness (QED) is 0.297. The number of thiazole rings is 1. The third-order valence-electron chi connectivity index (χ3n) is 4.12. The number of aryl methyl sites for hydroxylation is 1. The van der Waals surface area contributed by atoms with Crippen LogP contribution in [0.5, 0.6) is 0 Å². The van der Waals surface area contributed by atoms with Gasteiger partial charge in [0.05, 0.1) is 11.3 Å². The Morgan fingerprint density at radius 1 is 1.00 bits per heavy atom. The van der Waals surface area contributed by atoms with Crippen LogP contribution in [-0.4, -0.2) is 15.0 Å². The Kier molecular flexibility index (Phi) is 5.30. The zero-order chi connectivity index (χ0) is 20.6. The van der Waals surface area contributed by atoms with Crippen LogP contribution in [0.1, 0.15) is 11.1 Å². The van der Waals surface area contributed by atoms with E-state index in [2.05, 4.69) is 48.2 Å². The van der Waals surface area contributed by atoms with Gasteiger partial charge in [0.2, 0.25) is 0 Å². The highest BCUT2D eigenvalue weighted by molar-refractivity contribution is 14.1. The van der Waals surface area contributed by atoms with Crippen LogP contribution in [0.3, 0.4) is 0 Å². The molecule has 2 aromatic heterocycles. The van der Waals surface area contributed by atoms with Crippen LogP contribution in [0.2, 0.25) is 0 Å². The first-order chi connectivity index (χ1) is 13.8. The van der Waals surface area contributed by atoms with Gasteiger partial charge in [0, 0.05) is 9.26 Å². The molecule has 0 spiro atoms. The molecule has 29 heavy (non-hydrogen) atoms. The van der Waals surface area contributed by atoms with Crippen molar-refractivity contribution in [1.29, 1.82) is 0 Å². The van der Waals surface area contributed by atoms with Crippen LogP contribution in [0.25, 0.3) is 10.3 Å². The van der Waals surface area contributed by atoms with E-state index in [1.807, 2.05) is 25.1 Å². The summed E-state index contributed by atoms with van der Waals surface area (Å²) in [6, 6.07) is 10.8. The van der Waals surface area contributed by atoms with E-state index in [9.17, 15) is 13.2 Å². The molecule has 0 fully saturated rings. The molecule has 2 aromatic carbocycles. The summed E-state index contributed by atoms with van der Waals surface area (Å²) < 4.78 is 39.3. The van der Waals surface area contributed by atoms with Gasteiger partial charge in [-0.15, -0.1) is 0 Å². The first-order valence-electron chi connectivity index (χ1n) is 8.39. The third kappa shape index (κ3) is 4.27. The maximum Gasteiger partial charge on any atom is 0.416 e. The predicted octanol–water partition coefficient (Wildman–Crippen LogP) is 6.51. The maximum atomic E-state index is 12.7. The molecular formula is C19H13F3IN5S. The van der Waals surface area contributed by atoms with Crippen LogP contribution >= 0.6 is 33.9 Å². The normalized spacial score (nSPS) is 11.6. The predicted molar refractivity (Wildman–Crippen MR) is 117 cm³/mol. The van der Waals surface area contributed by atoms with Crippen molar-refractivity contribution in [2.24, 2.45) is 0 Å². The monoisotopic (exact) mass is 527 g/mol. The van der Waals surface area contributed by atoms with Crippen molar-refractivity contribution in [3.8, 4) is 0 Å². The molecule has 0 amide bonds. The number of rotatable bonds is 4. The highest BCUT2D eigenvalue weighted by Crippen LogP contribution is 2.34. The average Bonchev–Trinajstić information content (AvgIpc) is 3.08. The van der Waals surface area contributed by atoms with E-state index in [0.717, 1.165) is 27.0 Å². The summed E-state index contributed by atoms with van der Waals surface area (Å²) in [7, 11) is 0. The van der Waals surface area contributed by atoms with Crippen LogP contribution in [0.4, 0.5) is 35.5 Å². The van der Waals surface area contributed by atoms with Crippen molar-refractivity contribution in [3.05, 3.63) is 63.5 Å². The molecule has 0 atom stereocenters. The van der Waals surface area contributed by atoms with Crippen LogP contribution < -0.4 is 10.6 Å². The lowest BCUT2D eigenvalue weighted by molar-refractivity contribution is -0.137. The summed E-state index contributed by atoms with van der Waals surface area (Å²) >= 11 is 3.63. The Balaban J connectivity index is 1.63. The number of alkyl halides is 3. The van der Waals surface area contributed by atoms with Crippen LogP contribution in [0, 0.1) is 10.5 Å². The van der Waals surface area contributed by atoms with Gasteiger partial charge in [-0.2, -0.15) is 13.2 Å². The first kappa shape index (κ1) is 19.8. The molecule has 0 saturated heterocycles. The largest absolute Gasteiger partial charge is 0.416 e. The molecule has 0 aliphatic rings. The molecule has 148 valence electrons. The summed E-state index contributed by atoms with van der Waals surface area (Å²) in [4.78, 5) is 13.7. The minimum Gasteiger partial charge on any atom is -0.338 e. The zero-order valence-corrected chi connectivity index (χ0v) is 17.9.